The molecule has 1 amide bonds. The van der Waals surface area contributed by atoms with E-state index < -0.39 is 0 Å². The Balaban J connectivity index is 2.25. The monoisotopic (exact) mass is 310 g/mol. The maximum atomic E-state index is 12.6. The lowest BCUT2D eigenvalue weighted by Crippen LogP contribution is -2.51. The Hall–Kier alpha value is -0.870. The van der Waals surface area contributed by atoms with Gasteiger partial charge in [-0.2, -0.15) is 0 Å². The minimum Gasteiger partial charge on any atom is -0.334 e. The highest BCUT2D eigenvalue weighted by atomic mass is 79.9. The van der Waals surface area contributed by atoms with E-state index in [1.165, 1.54) is 0 Å². The normalized spacial score (nSPS) is 24.1. The maximum absolute atomic E-state index is 12.6. The summed E-state index contributed by atoms with van der Waals surface area (Å²) in [5.74, 6) is 0.569. The number of likely N-dealkylation sites (tertiary alicyclic amines) is 1. The van der Waals surface area contributed by atoms with Gasteiger partial charge in [0.2, 0.25) is 0 Å². The molecular weight excluding hydrogens is 292 g/mol. The summed E-state index contributed by atoms with van der Waals surface area (Å²) in [5, 5.41) is 0. The molecule has 0 unspecified atom stereocenters. The molecule has 0 bridgehead atoms. The lowest BCUT2D eigenvalue weighted by atomic mass is 9.90. The van der Waals surface area contributed by atoms with Crippen molar-refractivity contribution in [3.63, 3.8) is 0 Å². The van der Waals surface area contributed by atoms with E-state index in [2.05, 4.69) is 22.9 Å². The van der Waals surface area contributed by atoms with E-state index in [4.69, 9.17) is 5.73 Å². The van der Waals surface area contributed by atoms with Crippen molar-refractivity contribution in [2.24, 2.45) is 11.7 Å². The van der Waals surface area contributed by atoms with Crippen LogP contribution in [0.1, 0.15) is 30.1 Å². The van der Waals surface area contributed by atoms with Crippen molar-refractivity contribution >= 4 is 21.8 Å². The van der Waals surface area contributed by atoms with Gasteiger partial charge in [-0.25, -0.2) is 0 Å². The molecule has 1 aliphatic rings. The van der Waals surface area contributed by atoms with Crippen LogP contribution < -0.4 is 5.73 Å². The average molecular weight is 311 g/mol. The van der Waals surface area contributed by atoms with E-state index in [9.17, 15) is 4.79 Å². The molecule has 0 radical (unpaired) electrons. The highest BCUT2D eigenvalue weighted by molar-refractivity contribution is 9.10. The highest BCUT2D eigenvalue weighted by Gasteiger charge is 2.31. The molecule has 4 heteroatoms. The fourth-order valence-corrected chi connectivity index (χ4v) is 3.10. The van der Waals surface area contributed by atoms with Gasteiger partial charge in [-0.15, -0.1) is 0 Å². The van der Waals surface area contributed by atoms with Gasteiger partial charge in [-0.1, -0.05) is 19.1 Å². The van der Waals surface area contributed by atoms with E-state index in [1.807, 2.05) is 29.2 Å². The third kappa shape index (κ3) is 2.59. The molecule has 0 aliphatic carbocycles. The standard InChI is InChI=1S/C14H19BrN2O/c1-10-5-4-8-17(13(10)9-16)14(18)11-6-2-3-7-12(11)15/h2-3,6-7,10,13H,4-5,8-9,16H2,1H3/t10-,13-/m0/s1. The van der Waals surface area contributed by atoms with Crippen LogP contribution in [0.4, 0.5) is 0 Å². The summed E-state index contributed by atoms with van der Waals surface area (Å²) in [6, 6.07) is 7.73. The van der Waals surface area contributed by atoms with Gasteiger partial charge >= 0.3 is 0 Å². The predicted octanol–water partition coefficient (Wildman–Crippen LogP) is 2.65. The Labute approximate surface area is 116 Å². The second kappa shape index (κ2) is 5.85. The first-order chi connectivity index (χ1) is 8.65. The quantitative estimate of drug-likeness (QED) is 0.913. The molecule has 2 N–H and O–H groups in total. The van der Waals surface area contributed by atoms with Crippen molar-refractivity contribution < 1.29 is 4.79 Å². The summed E-state index contributed by atoms with van der Waals surface area (Å²) in [6.45, 7) is 3.53. The Morgan fingerprint density at radius 2 is 2.22 bits per heavy atom. The summed E-state index contributed by atoms with van der Waals surface area (Å²) in [6.07, 6.45) is 2.22. The minimum absolute atomic E-state index is 0.0875. The van der Waals surface area contributed by atoms with Gasteiger partial charge in [0.1, 0.15) is 0 Å². The van der Waals surface area contributed by atoms with Gasteiger partial charge in [-0.3, -0.25) is 4.79 Å². The Morgan fingerprint density at radius 1 is 1.50 bits per heavy atom. The predicted molar refractivity (Wildman–Crippen MR) is 76.4 cm³/mol. The van der Waals surface area contributed by atoms with Crippen LogP contribution in [0.25, 0.3) is 0 Å². The number of carbonyl (C=O) groups is 1. The Kier molecular flexibility index (Phi) is 4.40. The molecule has 1 heterocycles. The molecule has 1 saturated heterocycles. The summed E-state index contributed by atoms with van der Waals surface area (Å²) in [4.78, 5) is 14.5. The highest BCUT2D eigenvalue weighted by Crippen LogP contribution is 2.26. The summed E-state index contributed by atoms with van der Waals surface area (Å²) in [5.41, 5.74) is 6.56. The smallest absolute Gasteiger partial charge is 0.255 e. The molecule has 1 aromatic carbocycles. The average Bonchev–Trinajstić information content (AvgIpc) is 2.38. The minimum atomic E-state index is 0.0875. The lowest BCUT2D eigenvalue weighted by molar-refractivity contribution is 0.0531. The fraction of sp³-hybridized carbons (Fsp3) is 0.500. The van der Waals surface area contributed by atoms with Crippen LogP contribution in [0.2, 0.25) is 0 Å². The molecule has 1 fully saturated rings. The van der Waals surface area contributed by atoms with Crippen LogP contribution in [0.15, 0.2) is 28.7 Å². The molecule has 0 saturated carbocycles. The van der Waals surface area contributed by atoms with E-state index in [-0.39, 0.29) is 11.9 Å². The topological polar surface area (TPSA) is 46.3 Å². The number of hydrogen-bond donors (Lipinski definition) is 1. The van der Waals surface area contributed by atoms with E-state index in [0.29, 0.717) is 12.5 Å². The van der Waals surface area contributed by atoms with Crippen LogP contribution >= 0.6 is 15.9 Å². The van der Waals surface area contributed by atoms with Crippen molar-refractivity contribution in [3.8, 4) is 0 Å². The first-order valence-corrected chi connectivity index (χ1v) is 7.20. The third-order valence-electron chi connectivity index (χ3n) is 3.72. The molecular formula is C14H19BrN2O. The molecule has 1 aromatic rings. The molecule has 3 nitrogen and oxygen atoms in total. The molecule has 1 aliphatic heterocycles. The second-order valence-corrected chi connectivity index (χ2v) is 5.76. The zero-order chi connectivity index (χ0) is 13.1. The van der Waals surface area contributed by atoms with Gasteiger partial charge in [0.15, 0.2) is 0 Å². The zero-order valence-electron chi connectivity index (χ0n) is 10.6. The number of carbonyl (C=O) groups excluding carboxylic acids is 1. The van der Waals surface area contributed by atoms with Crippen molar-refractivity contribution in [3.05, 3.63) is 34.3 Å². The third-order valence-corrected chi connectivity index (χ3v) is 4.41. The second-order valence-electron chi connectivity index (χ2n) is 4.90. The number of nitrogens with zero attached hydrogens (tertiary/aromatic N) is 1. The molecule has 0 spiro atoms. The number of amides is 1. The first-order valence-electron chi connectivity index (χ1n) is 6.40. The van der Waals surface area contributed by atoms with Crippen molar-refractivity contribution in [1.82, 2.24) is 4.90 Å². The molecule has 2 rings (SSSR count). The van der Waals surface area contributed by atoms with Gasteiger partial charge in [0, 0.05) is 23.6 Å². The van der Waals surface area contributed by atoms with Crippen molar-refractivity contribution in [1.29, 1.82) is 0 Å². The number of benzene rings is 1. The van der Waals surface area contributed by atoms with Crippen LogP contribution in [-0.2, 0) is 0 Å². The van der Waals surface area contributed by atoms with E-state index in [0.717, 1.165) is 29.4 Å². The first kappa shape index (κ1) is 13.6. The molecule has 2 atom stereocenters. The maximum Gasteiger partial charge on any atom is 0.255 e. The number of rotatable bonds is 2. The molecule has 98 valence electrons. The van der Waals surface area contributed by atoms with Crippen LogP contribution in [0, 0.1) is 5.92 Å². The van der Waals surface area contributed by atoms with Crippen LogP contribution in [0.5, 0.6) is 0 Å². The van der Waals surface area contributed by atoms with Crippen molar-refractivity contribution in [2.45, 2.75) is 25.8 Å². The summed E-state index contributed by atoms with van der Waals surface area (Å²) >= 11 is 3.44. The number of halogens is 1. The van der Waals surface area contributed by atoms with Crippen LogP contribution in [-0.4, -0.2) is 29.9 Å². The van der Waals surface area contributed by atoms with Crippen LogP contribution in [0.3, 0.4) is 0 Å². The number of piperidine rings is 1. The number of hydrogen-bond acceptors (Lipinski definition) is 2. The molecule has 0 aromatic heterocycles. The van der Waals surface area contributed by atoms with E-state index in [1.54, 1.807) is 0 Å². The number of nitrogens with two attached hydrogens (primary N) is 1. The van der Waals surface area contributed by atoms with Gasteiger partial charge in [-0.05, 0) is 46.8 Å². The van der Waals surface area contributed by atoms with E-state index >= 15 is 0 Å². The van der Waals surface area contributed by atoms with Gasteiger partial charge in [0.25, 0.3) is 5.91 Å². The van der Waals surface area contributed by atoms with Gasteiger partial charge < -0.3 is 10.6 Å². The zero-order valence-corrected chi connectivity index (χ0v) is 12.2. The Bertz CT molecular complexity index is 436. The summed E-state index contributed by atoms with van der Waals surface area (Å²) in [7, 11) is 0. The molecule has 18 heavy (non-hydrogen) atoms. The summed E-state index contributed by atoms with van der Waals surface area (Å²) < 4.78 is 0.851. The van der Waals surface area contributed by atoms with Gasteiger partial charge in [0.05, 0.1) is 5.56 Å². The SMILES string of the molecule is C[C@H]1CCCN(C(=O)c2ccccc2Br)[C@H]1CN. The largest absolute Gasteiger partial charge is 0.334 e. The fourth-order valence-electron chi connectivity index (χ4n) is 2.65. The lowest BCUT2D eigenvalue weighted by Gasteiger charge is -2.39. The Morgan fingerprint density at radius 3 is 2.89 bits per heavy atom. The van der Waals surface area contributed by atoms with Crippen molar-refractivity contribution in [2.75, 3.05) is 13.1 Å².